The van der Waals surface area contributed by atoms with Crippen LogP contribution in [0, 0.1) is 10.1 Å². The Morgan fingerprint density at radius 2 is 2.35 bits per heavy atom. The first-order valence-electron chi connectivity index (χ1n) is 5.70. The molecule has 0 spiro atoms. The molecule has 5 nitrogen and oxygen atoms in total. The zero-order valence-electron chi connectivity index (χ0n) is 9.60. The summed E-state index contributed by atoms with van der Waals surface area (Å²) in [5, 5.41) is 11.0. The lowest BCUT2D eigenvalue weighted by molar-refractivity contribution is -0.384. The van der Waals surface area contributed by atoms with Crippen molar-refractivity contribution in [1.29, 1.82) is 0 Å². The number of nitro groups is 1. The Morgan fingerprint density at radius 3 is 2.88 bits per heavy atom. The number of rotatable bonds is 5. The maximum absolute atomic E-state index is 11.0. The van der Waals surface area contributed by atoms with E-state index in [1.807, 2.05) is 0 Å². The summed E-state index contributed by atoms with van der Waals surface area (Å²) >= 11 is 3.22. The maximum atomic E-state index is 11.0. The van der Waals surface area contributed by atoms with Gasteiger partial charge < -0.3 is 4.90 Å². The van der Waals surface area contributed by atoms with E-state index in [9.17, 15) is 10.1 Å². The van der Waals surface area contributed by atoms with E-state index in [2.05, 4.69) is 32.7 Å². The van der Waals surface area contributed by atoms with E-state index < -0.39 is 0 Å². The Kier molecular flexibility index (Phi) is 3.61. The van der Waals surface area contributed by atoms with Crippen LogP contribution in [-0.4, -0.2) is 22.5 Å². The van der Waals surface area contributed by atoms with Crippen LogP contribution >= 0.6 is 15.9 Å². The van der Waals surface area contributed by atoms with Crippen molar-refractivity contribution in [2.24, 2.45) is 0 Å². The molecule has 0 aliphatic heterocycles. The lowest BCUT2D eigenvalue weighted by Crippen LogP contribution is -2.28. The van der Waals surface area contributed by atoms with Crippen molar-refractivity contribution in [3.63, 3.8) is 0 Å². The molecule has 1 heterocycles. The van der Waals surface area contributed by atoms with Gasteiger partial charge in [0.2, 0.25) is 5.82 Å². The topological polar surface area (TPSA) is 59.3 Å². The van der Waals surface area contributed by atoms with Gasteiger partial charge in [-0.25, -0.2) is 4.98 Å². The van der Waals surface area contributed by atoms with Crippen LogP contribution in [0.4, 0.5) is 11.5 Å². The van der Waals surface area contributed by atoms with Crippen LogP contribution in [0.25, 0.3) is 0 Å². The second-order valence-corrected chi connectivity index (χ2v) is 5.09. The predicted octanol–water partition coefficient (Wildman–Crippen LogP) is 3.13. The average Bonchev–Trinajstić information content (AvgIpc) is 3.10. The van der Waals surface area contributed by atoms with Crippen molar-refractivity contribution in [2.75, 3.05) is 11.4 Å². The molecule has 6 heteroatoms. The molecular weight excluding hydrogens is 286 g/mol. The van der Waals surface area contributed by atoms with Gasteiger partial charge in [-0.05, 0) is 35.2 Å². The van der Waals surface area contributed by atoms with Gasteiger partial charge in [0.1, 0.15) is 0 Å². The quantitative estimate of drug-likeness (QED) is 0.619. The fourth-order valence-corrected chi connectivity index (χ4v) is 2.18. The van der Waals surface area contributed by atoms with Crippen LogP contribution in [-0.2, 0) is 0 Å². The molecular formula is C11H14BrN3O2. The minimum atomic E-state index is -0.363. The number of halogens is 1. The van der Waals surface area contributed by atoms with Gasteiger partial charge in [0.15, 0.2) is 0 Å². The summed E-state index contributed by atoms with van der Waals surface area (Å²) < 4.78 is 0.639. The zero-order valence-corrected chi connectivity index (χ0v) is 11.2. The van der Waals surface area contributed by atoms with Crippen LogP contribution in [0.3, 0.4) is 0 Å². The molecule has 0 unspecified atom stereocenters. The van der Waals surface area contributed by atoms with Crippen LogP contribution in [0.5, 0.6) is 0 Å². The molecule has 0 saturated heterocycles. The summed E-state index contributed by atoms with van der Waals surface area (Å²) in [4.78, 5) is 17.0. The highest BCUT2D eigenvalue weighted by Crippen LogP contribution is 2.36. The van der Waals surface area contributed by atoms with Gasteiger partial charge in [-0.3, -0.25) is 10.1 Å². The summed E-state index contributed by atoms with van der Waals surface area (Å²) in [6.07, 6.45) is 4.79. The highest BCUT2D eigenvalue weighted by Gasteiger charge is 2.33. The second kappa shape index (κ2) is 5.00. The van der Waals surface area contributed by atoms with Crippen LogP contribution in [0.1, 0.15) is 26.2 Å². The minimum Gasteiger partial charge on any atom is -0.348 e. The molecule has 1 saturated carbocycles. The van der Waals surface area contributed by atoms with Gasteiger partial charge in [-0.15, -0.1) is 0 Å². The molecule has 17 heavy (non-hydrogen) atoms. The minimum absolute atomic E-state index is 0.0831. The summed E-state index contributed by atoms with van der Waals surface area (Å²) in [5.74, 6) is 0.502. The first-order chi connectivity index (χ1) is 8.13. The van der Waals surface area contributed by atoms with Crippen LogP contribution < -0.4 is 4.90 Å². The van der Waals surface area contributed by atoms with Gasteiger partial charge in [0, 0.05) is 29.3 Å². The molecule has 1 aromatic heterocycles. The summed E-state index contributed by atoms with van der Waals surface area (Å²) in [6, 6.07) is 1.95. The number of anilines is 1. The van der Waals surface area contributed by atoms with Gasteiger partial charge >= 0.3 is 5.69 Å². The Balaban J connectivity index is 2.37. The lowest BCUT2D eigenvalue weighted by atomic mass is 10.3. The summed E-state index contributed by atoms with van der Waals surface area (Å²) in [5.41, 5.74) is 0.0831. The summed E-state index contributed by atoms with van der Waals surface area (Å²) in [7, 11) is 0. The lowest BCUT2D eigenvalue weighted by Gasteiger charge is -2.22. The molecule has 1 fully saturated rings. The van der Waals surface area contributed by atoms with Gasteiger partial charge in [-0.2, -0.15) is 0 Å². The highest BCUT2D eigenvalue weighted by molar-refractivity contribution is 9.10. The Morgan fingerprint density at radius 1 is 1.65 bits per heavy atom. The van der Waals surface area contributed by atoms with Crippen LogP contribution in [0.2, 0.25) is 0 Å². The van der Waals surface area contributed by atoms with E-state index in [-0.39, 0.29) is 10.6 Å². The zero-order chi connectivity index (χ0) is 12.4. The van der Waals surface area contributed by atoms with Crippen molar-refractivity contribution in [3.05, 3.63) is 26.9 Å². The van der Waals surface area contributed by atoms with Gasteiger partial charge in [-0.1, -0.05) is 6.92 Å². The fourth-order valence-electron chi connectivity index (χ4n) is 1.87. The average molecular weight is 300 g/mol. The standard InChI is InChI=1S/C11H14BrN3O2/c1-2-5-14(9-3-4-9)11-10(15(16)17)6-8(12)7-13-11/h6-7,9H,2-5H2,1H3. The molecule has 1 aromatic rings. The van der Waals surface area contributed by atoms with E-state index in [0.29, 0.717) is 16.3 Å². The third-order valence-corrected chi connectivity index (χ3v) is 3.17. The number of nitrogens with zero attached hydrogens (tertiary/aromatic N) is 3. The van der Waals surface area contributed by atoms with E-state index in [1.54, 1.807) is 6.20 Å². The van der Waals surface area contributed by atoms with Crippen molar-refractivity contribution in [1.82, 2.24) is 4.98 Å². The molecule has 2 rings (SSSR count). The number of hydrogen-bond donors (Lipinski definition) is 0. The number of aromatic nitrogens is 1. The molecule has 0 atom stereocenters. The Labute approximate surface area is 108 Å². The third-order valence-electron chi connectivity index (χ3n) is 2.73. The van der Waals surface area contributed by atoms with Crippen LogP contribution in [0.15, 0.2) is 16.7 Å². The normalized spacial score (nSPS) is 14.7. The SMILES string of the molecule is CCCN(c1ncc(Br)cc1[N+](=O)[O-])C1CC1. The van der Waals surface area contributed by atoms with Crippen molar-refractivity contribution in [2.45, 2.75) is 32.2 Å². The first-order valence-corrected chi connectivity index (χ1v) is 6.49. The van der Waals surface area contributed by atoms with E-state index in [0.717, 1.165) is 25.8 Å². The second-order valence-electron chi connectivity index (χ2n) is 4.18. The van der Waals surface area contributed by atoms with E-state index in [1.165, 1.54) is 6.07 Å². The molecule has 0 bridgehead atoms. The third kappa shape index (κ3) is 2.74. The Bertz CT molecular complexity index is 435. The fraction of sp³-hybridized carbons (Fsp3) is 0.545. The molecule has 0 N–H and O–H groups in total. The van der Waals surface area contributed by atoms with Crippen molar-refractivity contribution in [3.8, 4) is 0 Å². The Hall–Kier alpha value is -1.17. The highest BCUT2D eigenvalue weighted by atomic mass is 79.9. The molecule has 0 amide bonds. The summed E-state index contributed by atoms with van der Waals surface area (Å²) in [6.45, 7) is 2.89. The van der Waals surface area contributed by atoms with Gasteiger partial charge in [0.05, 0.1) is 4.92 Å². The smallest absolute Gasteiger partial charge is 0.312 e. The molecule has 1 aliphatic carbocycles. The molecule has 92 valence electrons. The molecule has 1 aliphatic rings. The number of hydrogen-bond acceptors (Lipinski definition) is 4. The number of pyridine rings is 1. The monoisotopic (exact) mass is 299 g/mol. The van der Waals surface area contributed by atoms with Crippen molar-refractivity contribution >= 4 is 27.4 Å². The first kappa shape index (κ1) is 12.3. The largest absolute Gasteiger partial charge is 0.348 e. The maximum Gasteiger partial charge on any atom is 0.312 e. The van der Waals surface area contributed by atoms with Gasteiger partial charge in [0.25, 0.3) is 0 Å². The van der Waals surface area contributed by atoms with E-state index in [4.69, 9.17) is 0 Å². The van der Waals surface area contributed by atoms with Crippen molar-refractivity contribution < 1.29 is 4.92 Å². The molecule has 0 radical (unpaired) electrons. The predicted molar refractivity (Wildman–Crippen MR) is 69.3 cm³/mol. The van der Waals surface area contributed by atoms with E-state index >= 15 is 0 Å². The molecule has 0 aromatic carbocycles.